The molecular weight excluding hydrogens is 240 g/mol. The molecule has 0 aromatic carbocycles. The molecule has 0 aromatic heterocycles. The summed E-state index contributed by atoms with van der Waals surface area (Å²) in [6, 6.07) is -1.89. The summed E-state index contributed by atoms with van der Waals surface area (Å²) in [5.74, 6) is -1.92. The molecule has 0 saturated carbocycles. The van der Waals surface area contributed by atoms with Crippen LogP contribution in [-0.4, -0.2) is 45.2 Å². The van der Waals surface area contributed by atoms with Crippen LogP contribution in [0.5, 0.6) is 0 Å². The van der Waals surface area contributed by atoms with E-state index in [2.05, 4.69) is 0 Å². The van der Waals surface area contributed by atoms with Crippen molar-refractivity contribution in [3.05, 3.63) is 0 Å². The van der Waals surface area contributed by atoms with E-state index in [1.165, 1.54) is 21.6 Å². The SMILES string of the molecule is CC(SSC[C@H](N)C(=O)O)[C@H](N)C(=O)O. The van der Waals surface area contributed by atoms with Gasteiger partial charge in [-0.25, -0.2) is 0 Å². The molecule has 0 rings (SSSR count). The summed E-state index contributed by atoms with van der Waals surface area (Å²) in [5.41, 5.74) is 10.6. The normalized spacial score (nSPS) is 16.7. The van der Waals surface area contributed by atoms with Crippen molar-refractivity contribution in [2.45, 2.75) is 24.3 Å². The Labute approximate surface area is 95.2 Å². The molecule has 88 valence electrons. The minimum absolute atomic E-state index is 0.219. The largest absolute Gasteiger partial charge is 0.480 e. The fraction of sp³-hybridized carbons (Fsp3) is 0.714. The van der Waals surface area contributed by atoms with Crippen LogP contribution in [0.4, 0.5) is 0 Å². The summed E-state index contributed by atoms with van der Waals surface area (Å²) >= 11 is 0. The minimum Gasteiger partial charge on any atom is -0.480 e. The first-order chi connectivity index (χ1) is 6.86. The Kier molecular flexibility index (Phi) is 6.73. The van der Waals surface area contributed by atoms with Crippen molar-refractivity contribution in [3.63, 3.8) is 0 Å². The Balaban J connectivity index is 3.77. The van der Waals surface area contributed by atoms with Crippen molar-refractivity contribution in [1.82, 2.24) is 0 Å². The molecule has 0 aliphatic rings. The summed E-state index contributed by atoms with van der Waals surface area (Å²) in [6.45, 7) is 1.67. The average Bonchev–Trinajstić information content (AvgIpc) is 2.15. The van der Waals surface area contributed by atoms with Gasteiger partial charge in [-0.2, -0.15) is 0 Å². The maximum Gasteiger partial charge on any atom is 0.321 e. The zero-order chi connectivity index (χ0) is 12.0. The molecule has 0 fully saturated rings. The fourth-order valence-corrected chi connectivity index (χ4v) is 3.05. The summed E-state index contributed by atoms with van der Waals surface area (Å²) in [6.07, 6.45) is 0. The van der Waals surface area contributed by atoms with E-state index in [-0.39, 0.29) is 11.0 Å². The molecule has 0 heterocycles. The van der Waals surface area contributed by atoms with Crippen LogP contribution in [0.15, 0.2) is 0 Å². The smallest absolute Gasteiger partial charge is 0.321 e. The molecule has 6 N–H and O–H groups in total. The van der Waals surface area contributed by atoms with Crippen molar-refractivity contribution in [2.75, 3.05) is 5.75 Å². The second-order valence-corrected chi connectivity index (χ2v) is 5.68. The Hall–Kier alpha value is -0.440. The number of hydrogen-bond donors (Lipinski definition) is 4. The van der Waals surface area contributed by atoms with Crippen molar-refractivity contribution in [1.29, 1.82) is 0 Å². The lowest BCUT2D eigenvalue weighted by atomic mass is 10.2. The van der Waals surface area contributed by atoms with Gasteiger partial charge >= 0.3 is 11.9 Å². The summed E-state index contributed by atoms with van der Waals surface area (Å²) in [5, 5.41) is 16.8. The highest BCUT2D eigenvalue weighted by molar-refractivity contribution is 8.77. The lowest BCUT2D eigenvalue weighted by molar-refractivity contribution is -0.139. The van der Waals surface area contributed by atoms with Gasteiger partial charge in [-0.1, -0.05) is 28.5 Å². The topological polar surface area (TPSA) is 127 Å². The van der Waals surface area contributed by atoms with Gasteiger partial charge in [0.1, 0.15) is 12.1 Å². The van der Waals surface area contributed by atoms with Crippen molar-refractivity contribution in [3.8, 4) is 0 Å². The third-order valence-corrected chi connectivity index (χ3v) is 4.53. The second kappa shape index (κ2) is 6.94. The number of nitrogens with two attached hydrogens (primary N) is 2. The van der Waals surface area contributed by atoms with Crippen LogP contribution >= 0.6 is 21.6 Å². The highest BCUT2D eigenvalue weighted by Gasteiger charge is 2.21. The standard InChI is InChI=1S/C7H14N2O4S2/c1-3(5(9)7(12)13)15-14-2-4(8)6(10)11/h3-5H,2,8-9H2,1H3,(H,10,11)(H,12,13)/t3?,4-,5-/m0/s1. The number of hydrogen-bond acceptors (Lipinski definition) is 6. The van der Waals surface area contributed by atoms with Gasteiger partial charge in [0.2, 0.25) is 0 Å². The van der Waals surface area contributed by atoms with Gasteiger partial charge in [-0.15, -0.1) is 0 Å². The van der Waals surface area contributed by atoms with E-state index in [4.69, 9.17) is 21.7 Å². The molecule has 0 radical (unpaired) electrons. The molecule has 0 aromatic rings. The highest BCUT2D eigenvalue weighted by Crippen LogP contribution is 2.28. The zero-order valence-electron chi connectivity index (χ0n) is 8.12. The lowest BCUT2D eigenvalue weighted by Gasteiger charge is -2.15. The molecule has 0 amide bonds. The summed E-state index contributed by atoms with van der Waals surface area (Å²) in [4.78, 5) is 20.8. The van der Waals surface area contributed by atoms with Gasteiger partial charge in [-0.3, -0.25) is 9.59 Å². The second-order valence-electron chi connectivity index (χ2n) is 2.89. The first kappa shape index (κ1) is 14.6. The van der Waals surface area contributed by atoms with E-state index >= 15 is 0 Å². The van der Waals surface area contributed by atoms with Crippen LogP contribution in [0, 0.1) is 0 Å². The van der Waals surface area contributed by atoms with E-state index in [0.29, 0.717) is 0 Å². The highest BCUT2D eigenvalue weighted by atomic mass is 33.1. The molecule has 3 atom stereocenters. The quantitative estimate of drug-likeness (QED) is 0.451. The van der Waals surface area contributed by atoms with Crippen LogP contribution in [0.25, 0.3) is 0 Å². The number of rotatable bonds is 7. The first-order valence-corrected chi connectivity index (χ1v) is 6.49. The van der Waals surface area contributed by atoms with Crippen molar-refractivity contribution in [2.24, 2.45) is 11.5 Å². The molecule has 0 bridgehead atoms. The molecule has 0 spiro atoms. The lowest BCUT2D eigenvalue weighted by Crippen LogP contribution is -2.38. The molecule has 0 aliphatic heterocycles. The molecule has 1 unspecified atom stereocenters. The van der Waals surface area contributed by atoms with Crippen molar-refractivity contribution >= 4 is 33.5 Å². The Morgan fingerprint density at radius 3 is 2.20 bits per heavy atom. The third-order valence-electron chi connectivity index (χ3n) is 1.58. The van der Waals surface area contributed by atoms with Gasteiger partial charge in [0.15, 0.2) is 0 Å². The third kappa shape index (κ3) is 5.88. The molecule has 15 heavy (non-hydrogen) atoms. The maximum atomic E-state index is 10.5. The van der Waals surface area contributed by atoms with Crippen LogP contribution in [0.3, 0.4) is 0 Å². The number of carbonyl (C=O) groups is 2. The van der Waals surface area contributed by atoms with E-state index in [1.54, 1.807) is 6.92 Å². The molecule has 0 saturated heterocycles. The van der Waals surface area contributed by atoms with Crippen LogP contribution in [-0.2, 0) is 9.59 Å². The predicted molar refractivity (Wildman–Crippen MR) is 60.7 cm³/mol. The summed E-state index contributed by atoms with van der Waals surface area (Å²) < 4.78 is 0. The number of carboxylic acids is 2. The number of carboxylic acid groups (broad SMARTS) is 2. The van der Waals surface area contributed by atoms with E-state index in [0.717, 1.165) is 0 Å². The van der Waals surface area contributed by atoms with E-state index in [1.807, 2.05) is 0 Å². The van der Waals surface area contributed by atoms with Crippen LogP contribution < -0.4 is 11.5 Å². The first-order valence-electron chi connectivity index (χ1n) is 4.11. The zero-order valence-corrected chi connectivity index (χ0v) is 9.75. The molecule has 8 heteroatoms. The van der Waals surface area contributed by atoms with Gasteiger partial charge < -0.3 is 21.7 Å². The van der Waals surface area contributed by atoms with Crippen molar-refractivity contribution < 1.29 is 19.8 Å². The molecular formula is C7H14N2O4S2. The maximum absolute atomic E-state index is 10.5. The fourth-order valence-electron chi connectivity index (χ4n) is 0.552. The van der Waals surface area contributed by atoms with E-state index in [9.17, 15) is 9.59 Å². The van der Waals surface area contributed by atoms with E-state index < -0.39 is 24.0 Å². The van der Waals surface area contributed by atoms with Gasteiger partial charge in [0.05, 0.1) is 0 Å². The number of aliphatic carboxylic acids is 2. The van der Waals surface area contributed by atoms with Crippen LogP contribution in [0.1, 0.15) is 6.92 Å². The van der Waals surface area contributed by atoms with Crippen LogP contribution in [0.2, 0.25) is 0 Å². The predicted octanol–water partition coefficient (Wildman–Crippen LogP) is -0.420. The van der Waals surface area contributed by atoms with Gasteiger partial charge in [0, 0.05) is 11.0 Å². The Morgan fingerprint density at radius 2 is 1.80 bits per heavy atom. The molecule has 6 nitrogen and oxygen atoms in total. The van der Waals surface area contributed by atoms with Gasteiger partial charge in [-0.05, 0) is 0 Å². The van der Waals surface area contributed by atoms with Gasteiger partial charge in [0.25, 0.3) is 0 Å². The minimum atomic E-state index is -1.07. The average molecular weight is 254 g/mol. The molecule has 0 aliphatic carbocycles. The monoisotopic (exact) mass is 254 g/mol. The Morgan fingerprint density at radius 1 is 1.27 bits per heavy atom. The summed E-state index contributed by atoms with van der Waals surface area (Å²) in [7, 11) is 2.44. The Bertz CT molecular complexity index is 239.